The van der Waals surface area contributed by atoms with Crippen molar-refractivity contribution >= 4 is 16.7 Å². The van der Waals surface area contributed by atoms with E-state index in [-0.39, 0.29) is 18.1 Å². The summed E-state index contributed by atoms with van der Waals surface area (Å²) in [4.78, 5) is 17.0. The molecular formula is C22H22N2O3. The lowest BCUT2D eigenvalue weighted by Gasteiger charge is -2.19. The van der Waals surface area contributed by atoms with Gasteiger partial charge in [0, 0.05) is 24.3 Å². The zero-order valence-electron chi connectivity index (χ0n) is 15.7. The van der Waals surface area contributed by atoms with Gasteiger partial charge in [0.1, 0.15) is 0 Å². The summed E-state index contributed by atoms with van der Waals surface area (Å²) in [5.41, 5.74) is 2.80. The van der Waals surface area contributed by atoms with E-state index < -0.39 is 0 Å². The first-order valence-electron chi connectivity index (χ1n) is 8.97. The Morgan fingerprint density at radius 3 is 2.70 bits per heavy atom. The predicted octanol–water partition coefficient (Wildman–Crippen LogP) is 4.19. The third-order valence-corrected chi connectivity index (χ3v) is 4.76. The number of carbonyl (C=O) groups excluding carboxylic acids is 1. The summed E-state index contributed by atoms with van der Waals surface area (Å²) in [6.07, 6.45) is 3.42. The molecule has 3 aromatic rings. The number of hydrogen-bond acceptors (Lipinski definition) is 4. The van der Waals surface area contributed by atoms with Crippen LogP contribution in [0.15, 0.2) is 48.8 Å². The molecule has 0 atom stereocenters. The summed E-state index contributed by atoms with van der Waals surface area (Å²) >= 11 is 0. The molecule has 0 radical (unpaired) electrons. The first-order chi connectivity index (χ1) is 12.9. The molecule has 1 N–H and O–H groups in total. The lowest BCUT2D eigenvalue weighted by atomic mass is 9.86. The van der Waals surface area contributed by atoms with E-state index in [1.165, 1.54) is 5.56 Å². The van der Waals surface area contributed by atoms with E-state index >= 15 is 0 Å². The molecule has 2 aromatic carbocycles. The van der Waals surface area contributed by atoms with Gasteiger partial charge in [-0.25, -0.2) is 0 Å². The summed E-state index contributed by atoms with van der Waals surface area (Å²) in [5, 5.41) is 4.84. The standard InChI is InChI=1S/C22H22N2O3/c1-22(2,3)16-5-6-17-15(9-16)11-23-12-18(17)21(25)24-10-14-4-7-19-20(8-14)27-13-26-19/h4-9,11-12H,10,13H2,1-3H3,(H,24,25). The molecule has 1 aromatic heterocycles. The Labute approximate surface area is 158 Å². The van der Waals surface area contributed by atoms with Crippen LogP contribution in [-0.4, -0.2) is 17.7 Å². The van der Waals surface area contributed by atoms with Crippen molar-refractivity contribution in [1.82, 2.24) is 10.3 Å². The minimum Gasteiger partial charge on any atom is -0.454 e. The number of benzene rings is 2. The Morgan fingerprint density at radius 2 is 1.89 bits per heavy atom. The Kier molecular flexibility index (Phi) is 4.22. The molecular weight excluding hydrogens is 340 g/mol. The fourth-order valence-electron chi connectivity index (χ4n) is 3.15. The second kappa shape index (κ2) is 6.58. The van der Waals surface area contributed by atoms with Crippen molar-refractivity contribution in [2.24, 2.45) is 0 Å². The maximum atomic E-state index is 12.7. The highest BCUT2D eigenvalue weighted by atomic mass is 16.7. The number of nitrogens with one attached hydrogen (secondary N) is 1. The number of aromatic nitrogens is 1. The van der Waals surface area contributed by atoms with Crippen LogP contribution in [-0.2, 0) is 12.0 Å². The van der Waals surface area contributed by atoms with E-state index in [0.717, 1.165) is 22.1 Å². The Balaban J connectivity index is 1.55. The quantitative estimate of drug-likeness (QED) is 0.759. The van der Waals surface area contributed by atoms with Crippen LogP contribution in [0.5, 0.6) is 11.5 Å². The molecule has 5 nitrogen and oxygen atoms in total. The van der Waals surface area contributed by atoms with Crippen LogP contribution in [0.3, 0.4) is 0 Å². The van der Waals surface area contributed by atoms with E-state index in [2.05, 4.69) is 43.2 Å². The Bertz CT molecular complexity index is 1020. The summed E-state index contributed by atoms with van der Waals surface area (Å²) in [6, 6.07) is 11.9. The molecule has 0 saturated heterocycles. The molecule has 1 aliphatic heterocycles. The molecule has 2 heterocycles. The number of carbonyl (C=O) groups is 1. The van der Waals surface area contributed by atoms with Crippen molar-refractivity contribution < 1.29 is 14.3 Å². The molecule has 0 saturated carbocycles. The minimum absolute atomic E-state index is 0.0474. The van der Waals surface area contributed by atoms with E-state index in [9.17, 15) is 4.79 Å². The minimum atomic E-state index is -0.144. The van der Waals surface area contributed by atoms with Crippen molar-refractivity contribution in [2.45, 2.75) is 32.7 Å². The van der Waals surface area contributed by atoms with E-state index in [1.807, 2.05) is 24.3 Å². The molecule has 0 aliphatic carbocycles. The van der Waals surface area contributed by atoms with E-state index in [1.54, 1.807) is 12.4 Å². The number of ether oxygens (including phenoxy) is 2. The van der Waals surface area contributed by atoms with Crippen LogP contribution in [0.4, 0.5) is 0 Å². The lowest BCUT2D eigenvalue weighted by molar-refractivity contribution is 0.0952. The van der Waals surface area contributed by atoms with Gasteiger partial charge in [0.15, 0.2) is 11.5 Å². The average Bonchev–Trinajstić information content (AvgIpc) is 3.12. The van der Waals surface area contributed by atoms with Crippen LogP contribution in [0.2, 0.25) is 0 Å². The van der Waals surface area contributed by atoms with Crippen LogP contribution < -0.4 is 14.8 Å². The van der Waals surface area contributed by atoms with Crippen LogP contribution >= 0.6 is 0 Å². The molecule has 0 bridgehead atoms. The third-order valence-electron chi connectivity index (χ3n) is 4.76. The highest BCUT2D eigenvalue weighted by molar-refractivity contribution is 6.06. The van der Waals surface area contributed by atoms with Gasteiger partial charge >= 0.3 is 0 Å². The Hall–Kier alpha value is -3.08. The molecule has 0 spiro atoms. The van der Waals surface area contributed by atoms with Gasteiger partial charge in [-0.1, -0.05) is 39.0 Å². The molecule has 1 aliphatic rings. The highest BCUT2D eigenvalue weighted by Gasteiger charge is 2.17. The largest absolute Gasteiger partial charge is 0.454 e. The fourth-order valence-corrected chi connectivity index (χ4v) is 3.15. The van der Waals surface area contributed by atoms with Crippen molar-refractivity contribution in [3.05, 3.63) is 65.5 Å². The molecule has 5 heteroatoms. The highest BCUT2D eigenvalue weighted by Crippen LogP contribution is 2.32. The van der Waals surface area contributed by atoms with Gasteiger partial charge in [-0.3, -0.25) is 9.78 Å². The van der Waals surface area contributed by atoms with Crippen molar-refractivity contribution in [3.8, 4) is 11.5 Å². The maximum Gasteiger partial charge on any atom is 0.253 e. The van der Waals surface area contributed by atoms with Gasteiger partial charge < -0.3 is 14.8 Å². The van der Waals surface area contributed by atoms with Gasteiger partial charge in [-0.05, 0) is 40.1 Å². The van der Waals surface area contributed by atoms with E-state index in [0.29, 0.717) is 17.9 Å². The van der Waals surface area contributed by atoms with E-state index in [4.69, 9.17) is 9.47 Å². The summed E-state index contributed by atoms with van der Waals surface area (Å²) < 4.78 is 10.7. The zero-order valence-corrected chi connectivity index (χ0v) is 15.7. The van der Waals surface area contributed by atoms with Gasteiger partial charge in [0.25, 0.3) is 5.91 Å². The lowest BCUT2D eigenvalue weighted by Crippen LogP contribution is -2.23. The van der Waals surface area contributed by atoms with Crippen LogP contribution in [0, 0.1) is 0 Å². The molecule has 0 fully saturated rings. The molecule has 138 valence electrons. The number of nitrogens with zero attached hydrogens (tertiary/aromatic N) is 1. The molecule has 1 amide bonds. The normalized spacial score (nSPS) is 13.0. The average molecular weight is 362 g/mol. The SMILES string of the molecule is CC(C)(C)c1ccc2c(C(=O)NCc3ccc4c(c3)OCO4)cncc2c1. The fraction of sp³-hybridized carbons (Fsp3) is 0.273. The van der Waals surface area contributed by atoms with Gasteiger partial charge in [-0.2, -0.15) is 0 Å². The molecule has 0 unspecified atom stereocenters. The number of fused-ring (bicyclic) bond motifs is 2. The van der Waals surface area contributed by atoms with Crippen molar-refractivity contribution in [1.29, 1.82) is 0 Å². The maximum absolute atomic E-state index is 12.7. The number of hydrogen-bond donors (Lipinski definition) is 1. The van der Waals surface area contributed by atoms with Gasteiger partial charge in [-0.15, -0.1) is 0 Å². The van der Waals surface area contributed by atoms with Gasteiger partial charge in [0.05, 0.1) is 5.56 Å². The monoisotopic (exact) mass is 362 g/mol. The van der Waals surface area contributed by atoms with Crippen LogP contribution in [0.1, 0.15) is 42.3 Å². The summed E-state index contributed by atoms with van der Waals surface area (Å²) in [5.74, 6) is 1.30. The molecule has 4 rings (SSSR count). The number of rotatable bonds is 3. The van der Waals surface area contributed by atoms with Crippen molar-refractivity contribution in [2.75, 3.05) is 6.79 Å². The number of amides is 1. The first-order valence-corrected chi connectivity index (χ1v) is 8.97. The first kappa shape index (κ1) is 17.3. The van der Waals surface area contributed by atoms with Crippen LogP contribution in [0.25, 0.3) is 10.8 Å². The molecule has 27 heavy (non-hydrogen) atoms. The Morgan fingerprint density at radius 1 is 1.07 bits per heavy atom. The predicted molar refractivity (Wildman–Crippen MR) is 104 cm³/mol. The van der Waals surface area contributed by atoms with Gasteiger partial charge in [0.2, 0.25) is 6.79 Å². The topological polar surface area (TPSA) is 60.5 Å². The number of pyridine rings is 1. The summed E-state index contributed by atoms with van der Waals surface area (Å²) in [6.45, 7) is 7.16. The zero-order chi connectivity index (χ0) is 19.0. The second-order valence-electron chi connectivity index (χ2n) is 7.74. The third kappa shape index (κ3) is 3.45. The smallest absolute Gasteiger partial charge is 0.253 e. The second-order valence-corrected chi connectivity index (χ2v) is 7.74. The van der Waals surface area contributed by atoms with Crippen molar-refractivity contribution in [3.63, 3.8) is 0 Å². The summed E-state index contributed by atoms with van der Waals surface area (Å²) in [7, 11) is 0.